The molecular weight excluding hydrogens is 182 g/mol. The molecule has 1 nitrogen and oxygen atoms in total. The van der Waals surface area contributed by atoms with Crippen molar-refractivity contribution < 1.29 is 0 Å². The Bertz CT molecular complexity index is 498. The summed E-state index contributed by atoms with van der Waals surface area (Å²) in [5.41, 5.74) is 5.57. The van der Waals surface area contributed by atoms with Gasteiger partial charge in [0.1, 0.15) is 0 Å². The van der Waals surface area contributed by atoms with Crippen molar-refractivity contribution in [3.63, 3.8) is 0 Å². The highest BCUT2D eigenvalue weighted by Crippen LogP contribution is 2.32. The van der Waals surface area contributed by atoms with Gasteiger partial charge in [-0.1, -0.05) is 32.9 Å². The number of hydrogen-bond donors (Lipinski definition) is 1. The predicted octanol–water partition coefficient (Wildman–Crippen LogP) is 4.08. The van der Waals surface area contributed by atoms with Gasteiger partial charge >= 0.3 is 0 Å². The molecule has 0 radical (unpaired) electrons. The third kappa shape index (κ3) is 1.56. The average molecular weight is 201 g/mol. The minimum absolute atomic E-state index is 0.207. The van der Waals surface area contributed by atoms with Crippen LogP contribution in [-0.2, 0) is 5.41 Å². The highest BCUT2D eigenvalue weighted by molar-refractivity contribution is 5.88. The Morgan fingerprint density at radius 3 is 2.33 bits per heavy atom. The van der Waals surface area contributed by atoms with Gasteiger partial charge in [0, 0.05) is 16.6 Å². The number of aryl methyl sites for hydroxylation is 2. The first kappa shape index (κ1) is 10.3. The van der Waals surface area contributed by atoms with Crippen LogP contribution in [0, 0.1) is 13.8 Å². The fourth-order valence-corrected chi connectivity index (χ4v) is 2.17. The zero-order valence-electron chi connectivity index (χ0n) is 10.2. The molecule has 1 heterocycles. The van der Waals surface area contributed by atoms with Gasteiger partial charge in [0.25, 0.3) is 0 Å². The van der Waals surface area contributed by atoms with Crippen LogP contribution in [0.2, 0.25) is 0 Å². The van der Waals surface area contributed by atoms with E-state index in [4.69, 9.17) is 0 Å². The summed E-state index contributed by atoms with van der Waals surface area (Å²) in [4.78, 5) is 3.44. The lowest BCUT2D eigenvalue weighted by atomic mass is 9.84. The number of nitrogens with one attached hydrogen (secondary N) is 1. The largest absolute Gasteiger partial charge is 0.358 e. The number of rotatable bonds is 0. The normalized spacial score (nSPS) is 12.3. The Balaban J connectivity index is 2.86. The topological polar surface area (TPSA) is 15.8 Å². The standard InChI is InChI=1S/C14H19N/c1-9-10(2)15-12-8-6-7-11(13(9)12)14(3,4)5/h6-8,15H,1-5H3. The summed E-state index contributed by atoms with van der Waals surface area (Å²) < 4.78 is 0. The maximum Gasteiger partial charge on any atom is 0.0461 e. The fraction of sp³-hybridized carbons (Fsp3) is 0.429. The minimum Gasteiger partial charge on any atom is -0.358 e. The third-order valence-electron chi connectivity index (χ3n) is 3.13. The quantitative estimate of drug-likeness (QED) is 0.661. The summed E-state index contributed by atoms with van der Waals surface area (Å²) in [6.45, 7) is 11.1. The second kappa shape index (κ2) is 3.13. The van der Waals surface area contributed by atoms with Crippen molar-refractivity contribution in [2.24, 2.45) is 0 Å². The van der Waals surface area contributed by atoms with Crippen molar-refractivity contribution >= 4 is 10.9 Å². The molecule has 0 fully saturated rings. The summed E-state index contributed by atoms with van der Waals surface area (Å²) >= 11 is 0. The van der Waals surface area contributed by atoms with Gasteiger partial charge < -0.3 is 4.98 Å². The maximum atomic E-state index is 3.44. The molecule has 0 saturated heterocycles. The lowest BCUT2D eigenvalue weighted by Gasteiger charge is -2.20. The molecule has 2 rings (SSSR count). The molecule has 15 heavy (non-hydrogen) atoms. The lowest BCUT2D eigenvalue weighted by Crippen LogP contribution is -2.11. The molecule has 0 saturated carbocycles. The molecule has 0 aliphatic heterocycles. The second-order valence-electron chi connectivity index (χ2n) is 5.35. The van der Waals surface area contributed by atoms with Crippen molar-refractivity contribution in [1.29, 1.82) is 0 Å². The predicted molar refractivity (Wildman–Crippen MR) is 66.5 cm³/mol. The first-order valence-electron chi connectivity index (χ1n) is 5.49. The molecule has 0 aliphatic rings. The van der Waals surface area contributed by atoms with Gasteiger partial charge in [-0.05, 0) is 36.5 Å². The Morgan fingerprint density at radius 2 is 1.73 bits per heavy atom. The first-order valence-corrected chi connectivity index (χ1v) is 5.49. The summed E-state index contributed by atoms with van der Waals surface area (Å²) in [6.07, 6.45) is 0. The van der Waals surface area contributed by atoms with Crippen LogP contribution in [0.4, 0.5) is 0 Å². The van der Waals surface area contributed by atoms with E-state index in [-0.39, 0.29) is 5.41 Å². The number of aromatic amines is 1. The summed E-state index contributed by atoms with van der Waals surface area (Å²) in [5.74, 6) is 0. The highest BCUT2D eigenvalue weighted by Gasteiger charge is 2.19. The first-order chi connectivity index (χ1) is 6.91. The number of aromatic nitrogens is 1. The second-order valence-corrected chi connectivity index (χ2v) is 5.35. The van der Waals surface area contributed by atoms with Crippen LogP contribution in [0.25, 0.3) is 10.9 Å². The van der Waals surface area contributed by atoms with Crippen molar-refractivity contribution in [3.05, 3.63) is 35.0 Å². The van der Waals surface area contributed by atoms with Gasteiger partial charge in [-0.2, -0.15) is 0 Å². The van der Waals surface area contributed by atoms with E-state index in [2.05, 4.69) is 57.8 Å². The van der Waals surface area contributed by atoms with Crippen LogP contribution in [0.5, 0.6) is 0 Å². The van der Waals surface area contributed by atoms with E-state index in [9.17, 15) is 0 Å². The molecule has 0 amide bonds. The Labute approximate surface area is 91.5 Å². The van der Waals surface area contributed by atoms with Crippen molar-refractivity contribution in [2.75, 3.05) is 0 Å². The van der Waals surface area contributed by atoms with E-state index >= 15 is 0 Å². The Morgan fingerprint density at radius 1 is 1.07 bits per heavy atom. The van der Waals surface area contributed by atoms with Crippen molar-refractivity contribution in [2.45, 2.75) is 40.0 Å². The maximum absolute atomic E-state index is 3.44. The molecule has 0 atom stereocenters. The van der Waals surface area contributed by atoms with E-state index in [0.717, 1.165) is 0 Å². The van der Waals surface area contributed by atoms with E-state index in [1.807, 2.05) is 0 Å². The Kier molecular flexibility index (Phi) is 2.14. The number of hydrogen-bond acceptors (Lipinski definition) is 0. The van der Waals surface area contributed by atoms with Crippen LogP contribution in [0.15, 0.2) is 18.2 Å². The van der Waals surface area contributed by atoms with Crippen LogP contribution in [0.1, 0.15) is 37.6 Å². The smallest absolute Gasteiger partial charge is 0.0461 e. The zero-order valence-corrected chi connectivity index (χ0v) is 10.2. The molecule has 0 bridgehead atoms. The van der Waals surface area contributed by atoms with Gasteiger partial charge in [-0.3, -0.25) is 0 Å². The number of benzene rings is 1. The summed E-state index contributed by atoms with van der Waals surface area (Å²) in [7, 11) is 0. The number of H-pyrrole nitrogens is 1. The molecule has 0 unspecified atom stereocenters. The van der Waals surface area contributed by atoms with E-state index in [0.29, 0.717) is 0 Å². The van der Waals surface area contributed by atoms with Crippen LogP contribution in [-0.4, -0.2) is 4.98 Å². The fourth-order valence-electron chi connectivity index (χ4n) is 2.17. The molecule has 2 aromatic rings. The highest BCUT2D eigenvalue weighted by atomic mass is 14.7. The average Bonchev–Trinajstić information content (AvgIpc) is 2.41. The van der Waals surface area contributed by atoms with Gasteiger partial charge in [-0.15, -0.1) is 0 Å². The van der Waals surface area contributed by atoms with Gasteiger partial charge in [0.05, 0.1) is 0 Å². The molecule has 1 aromatic carbocycles. The molecule has 1 N–H and O–H groups in total. The van der Waals surface area contributed by atoms with Crippen LogP contribution >= 0.6 is 0 Å². The van der Waals surface area contributed by atoms with Crippen molar-refractivity contribution in [3.8, 4) is 0 Å². The molecule has 1 aromatic heterocycles. The summed E-state index contributed by atoms with van der Waals surface area (Å²) in [6, 6.07) is 6.53. The molecule has 0 spiro atoms. The molecule has 1 heteroatoms. The van der Waals surface area contributed by atoms with E-state index in [1.54, 1.807) is 0 Å². The summed E-state index contributed by atoms with van der Waals surface area (Å²) in [5, 5.41) is 1.41. The van der Waals surface area contributed by atoms with E-state index < -0.39 is 0 Å². The molecular formula is C14H19N. The van der Waals surface area contributed by atoms with Crippen LogP contribution < -0.4 is 0 Å². The number of fused-ring (bicyclic) bond motifs is 1. The van der Waals surface area contributed by atoms with Crippen LogP contribution in [0.3, 0.4) is 0 Å². The molecule has 80 valence electrons. The molecule has 0 aliphatic carbocycles. The van der Waals surface area contributed by atoms with Gasteiger partial charge in [0.2, 0.25) is 0 Å². The lowest BCUT2D eigenvalue weighted by molar-refractivity contribution is 0.596. The van der Waals surface area contributed by atoms with E-state index in [1.165, 1.54) is 27.7 Å². The van der Waals surface area contributed by atoms with Gasteiger partial charge in [-0.25, -0.2) is 0 Å². The third-order valence-corrected chi connectivity index (χ3v) is 3.13. The van der Waals surface area contributed by atoms with Crippen molar-refractivity contribution in [1.82, 2.24) is 4.98 Å². The monoisotopic (exact) mass is 201 g/mol. The zero-order chi connectivity index (χ0) is 11.2. The minimum atomic E-state index is 0.207. The SMILES string of the molecule is Cc1[nH]c2cccc(C(C)(C)C)c2c1C. The van der Waals surface area contributed by atoms with Gasteiger partial charge in [0.15, 0.2) is 0 Å². The Hall–Kier alpha value is -1.24.